The third-order valence-corrected chi connectivity index (χ3v) is 6.70. The summed E-state index contributed by atoms with van der Waals surface area (Å²) >= 11 is 6.17. The van der Waals surface area contributed by atoms with Gasteiger partial charge in [-0.25, -0.2) is 8.42 Å². The highest BCUT2D eigenvalue weighted by Crippen LogP contribution is 2.29. The minimum Gasteiger partial charge on any atom is -0.495 e. The topological polar surface area (TPSA) is 87.7 Å². The predicted octanol–water partition coefficient (Wildman–Crippen LogP) is 4.86. The molecule has 7 nitrogen and oxygen atoms in total. The molecule has 0 spiro atoms. The minimum atomic E-state index is -4.08. The number of anilines is 3. The first-order chi connectivity index (χ1) is 15.2. The summed E-state index contributed by atoms with van der Waals surface area (Å²) < 4.78 is 33.6. The van der Waals surface area contributed by atoms with Crippen molar-refractivity contribution >= 4 is 44.6 Å². The molecule has 0 saturated heterocycles. The highest BCUT2D eigenvalue weighted by atomic mass is 35.5. The number of methoxy groups -OCH3 is 1. The lowest BCUT2D eigenvalue weighted by molar-refractivity contribution is 0.102. The van der Waals surface area contributed by atoms with Gasteiger partial charge in [0, 0.05) is 30.5 Å². The van der Waals surface area contributed by atoms with Crippen molar-refractivity contribution in [2.45, 2.75) is 11.8 Å². The van der Waals surface area contributed by atoms with Gasteiger partial charge in [0.1, 0.15) is 10.6 Å². The van der Waals surface area contributed by atoms with Gasteiger partial charge in [0.25, 0.3) is 15.9 Å². The Morgan fingerprint density at radius 1 is 1.06 bits per heavy atom. The smallest absolute Gasteiger partial charge is 0.263 e. The van der Waals surface area contributed by atoms with E-state index in [1.165, 1.54) is 25.3 Å². The third-order valence-electron chi connectivity index (χ3n) is 4.85. The third kappa shape index (κ3) is 5.33. The highest BCUT2D eigenvalue weighted by Gasteiger charge is 2.22. The molecule has 3 aromatic rings. The number of nitrogens with zero attached hydrogens (tertiary/aromatic N) is 1. The number of para-hydroxylation sites is 2. The Morgan fingerprint density at radius 3 is 2.53 bits per heavy atom. The monoisotopic (exact) mass is 473 g/mol. The predicted molar refractivity (Wildman–Crippen MR) is 129 cm³/mol. The Hall–Kier alpha value is -3.23. The summed E-state index contributed by atoms with van der Waals surface area (Å²) in [6, 6.07) is 18.1. The van der Waals surface area contributed by atoms with Gasteiger partial charge in [-0.1, -0.05) is 29.8 Å². The number of ether oxygens (including phenoxy) is 1. The lowest BCUT2D eigenvalue weighted by atomic mass is 10.2. The molecule has 32 heavy (non-hydrogen) atoms. The SMILES string of the molecule is CCN(C)c1cccc(NC(=O)c2ccc(Cl)c(S(=O)(=O)Nc3ccccc3OC)c2)c1. The minimum absolute atomic E-state index is 0.00415. The Bertz CT molecular complexity index is 1230. The molecular formula is C23H24ClN3O4S. The van der Waals surface area contributed by atoms with Gasteiger partial charge < -0.3 is 15.0 Å². The number of rotatable bonds is 8. The van der Waals surface area contributed by atoms with E-state index < -0.39 is 15.9 Å². The Morgan fingerprint density at radius 2 is 1.81 bits per heavy atom. The Kier molecular flexibility index (Phi) is 7.27. The zero-order valence-corrected chi connectivity index (χ0v) is 19.5. The van der Waals surface area contributed by atoms with Gasteiger partial charge in [0.05, 0.1) is 17.8 Å². The zero-order chi connectivity index (χ0) is 23.3. The van der Waals surface area contributed by atoms with Gasteiger partial charge in [-0.05, 0) is 55.5 Å². The van der Waals surface area contributed by atoms with Gasteiger partial charge in [0.2, 0.25) is 0 Å². The number of sulfonamides is 1. The van der Waals surface area contributed by atoms with Crippen molar-refractivity contribution < 1.29 is 17.9 Å². The fraction of sp³-hybridized carbons (Fsp3) is 0.174. The molecular weight excluding hydrogens is 450 g/mol. The largest absolute Gasteiger partial charge is 0.495 e. The molecule has 0 unspecified atom stereocenters. The van der Waals surface area contributed by atoms with Crippen molar-refractivity contribution in [2.75, 3.05) is 35.6 Å². The van der Waals surface area contributed by atoms with Crippen LogP contribution in [0, 0.1) is 0 Å². The fourth-order valence-corrected chi connectivity index (χ4v) is 4.58. The molecule has 0 fully saturated rings. The maximum Gasteiger partial charge on any atom is 0.263 e. The maximum atomic E-state index is 13.0. The molecule has 168 valence electrons. The van der Waals surface area contributed by atoms with E-state index in [0.29, 0.717) is 11.4 Å². The molecule has 0 saturated carbocycles. The second-order valence-electron chi connectivity index (χ2n) is 6.97. The van der Waals surface area contributed by atoms with Crippen LogP contribution >= 0.6 is 11.6 Å². The van der Waals surface area contributed by atoms with Crippen molar-refractivity contribution in [1.82, 2.24) is 0 Å². The molecule has 0 heterocycles. The maximum absolute atomic E-state index is 13.0. The van der Waals surface area contributed by atoms with E-state index in [-0.39, 0.29) is 21.2 Å². The molecule has 9 heteroatoms. The van der Waals surface area contributed by atoms with E-state index >= 15 is 0 Å². The molecule has 0 radical (unpaired) electrons. The number of hydrogen-bond acceptors (Lipinski definition) is 5. The first-order valence-corrected chi connectivity index (χ1v) is 11.7. The number of nitrogens with one attached hydrogen (secondary N) is 2. The summed E-state index contributed by atoms with van der Waals surface area (Å²) in [4.78, 5) is 14.6. The molecule has 2 N–H and O–H groups in total. The van der Waals surface area contributed by atoms with Crippen LogP contribution in [-0.2, 0) is 10.0 Å². The summed E-state index contributed by atoms with van der Waals surface area (Å²) in [5, 5.41) is 2.80. The number of hydrogen-bond donors (Lipinski definition) is 2. The van der Waals surface area contributed by atoms with Crippen LogP contribution in [0.3, 0.4) is 0 Å². The average molecular weight is 474 g/mol. The normalized spacial score (nSPS) is 11.0. The van der Waals surface area contributed by atoms with Crippen molar-refractivity contribution in [3.8, 4) is 5.75 Å². The molecule has 0 aromatic heterocycles. The van der Waals surface area contributed by atoms with Crippen molar-refractivity contribution in [3.63, 3.8) is 0 Å². The second-order valence-corrected chi connectivity index (χ2v) is 9.03. The number of carbonyl (C=O) groups is 1. The number of halogens is 1. The van der Waals surface area contributed by atoms with Crippen LogP contribution in [-0.4, -0.2) is 35.0 Å². The fourth-order valence-electron chi connectivity index (χ4n) is 2.99. The van der Waals surface area contributed by atoms with Gasteiger partial charge in [0.15, 0.2) is 0 Å². The van der Waals surface area contributed by atoms with Gasteiger partial charge in [-0.2, -0.15) is 0 Å². The molecule has 0 bridgehead atoms. The van der Waals surface area contributed by atoms with E-state index in [4.69, 9.17) is 16.3 Å². The van der Waals surface area contributed by atoms with Crippen LogP contribution in [0.4, 0.5) is 17.1 Å². The average Bonchev–Trinajstić information content (AvgIpc) is 2.79. The second kappa shape index (κ2) is 9.93. The van der Waals surface area contributed by atoms with Gasteiger partial charge >= 0.3 is 0 Å². The van der Waals surface area contributed by atoms with Gasteiger partial charge in [-0.3, -0.25) is 9.52 Å². The molecule has 0 aliphatic heterocycles. The summed E-state index contributed by atoms with van der Waals surface area (Å²) in [6.07, 6.45) is 0. The van der Waals surface area contributed by atoms with Crippen LogP contribution in [0.1, 0.15) is 17.3 Å². The van der Waals surface area contributed by atoms with E-state index in [9.17, 15) is 13.2 Å². The number of carbonyl (C=O) groups excluding carboxylic acids is 1. The number of amides is 1. The summed E-state index contributed by atoms with van der Waals surface area (Å²) in [7, 11) is -0.682. The van der Waals surface area contributed by atoms with Crippen LogP contribution < -0.4 is 19.7 Å². The standard InChI is InChI=1S/C23H24ClN3O4S/c1-4-27(2)18-9-7-8-17(15-18)25-23(28)16-12-13-19(24)22(14-16)32(29,30)26-20-10-5-6-11-21(20)31-3/h5-15,26H,4H2,1-3H3,(H,25,28). The Balaban J connectivity index is 1.87. The van der Waals surface area contributed by atoms with E-state index in [2.05, 4.69) is 10.0 Å². The molecule has 3 aromatic carbocycles. The summed E-state index contributed by atoms with van der Waals surface area (Å²) in [6.45, 7) is 2.84. The van der Waals surface area contributed by atoms with Gasteiger partial charge in [-0.15, -0.1) is 0 Å². The molecule has 0 aliphatic carbocycles. The summed E-state index contributed by atoms with van der Waals surface area (Å²) in [5.74, 6) is -0.0928. The van der Waals surface area contributed by atoms with Crippen molar-refractivity contribution in [1.29, 1.82) is 0 Å². The number of benzene rings is 3. The van der Waals surface area contributed by atoms with E-state index in [1.54, 1.807) is 30.3 Å². The van der Waals surface area contributed by atoms with E-state index in [0.717, 1.165) is 12.2 Å². The zero-order valence-electron chi connectivity index (χ0n) is 17.9. The lowest BCUT2D eigenvalue weighted by Gasteiger charge is -2.18. The highest BCUT2D eigenvalue weighted by molar-refractivity contribution is 7.92. The van der Waals surface area contributed by atoms with Crippen LogP contribution in [0.25, 0.3) is 0 Å². The lowest BCUT2D eigenvalue weighted by Crippen LogP contribution is -2.18. The molecule has 0 atom stereocenters. The van der Waals surface area contributed by atoms with Crippen LogP contribution in [0.2, 0.25) is 5.02 Å². The molecule has 3 rings (SSSR count). The van der Waals surface area contributed by atoms with Crippen LogP contribution in [0.5, 0.6) is 5.75 Å². The van der Waals surface area contributed by atoms with Crippen molar-refractivity contribution in [3.05, 3.63) is 77.3 Å². The Labute approximate surface area is 193 Å². The molecule has 1 amide bonds. The van der Waals surface area contributed by atoms with Crippen LogP contribution in [0.15, 0.2) is 71.6 Å². The van der Waals surface area contributed by atoms with Crippen molar-refractivity contribution in [2.24, 2.45) is 0 Å². The molecule has 0 aliphatic rings. The summed E-state index contributed by atoms with van der Waals surface area (Å²) in [5.41, 5.74) is 1.96. The quantitative estimate of drug-likeness (QED) is 0.488. The van der Waals surface area contributed by atoms with E-state index in [1.807, 2.05) is 37.1 Å². The first-order valence-electron chi connectivity index (χ1n) is 9.83. The first kappa shape index (κ1) is 23.4.